The number of hydrogen-bond acceptors (Lipinski definition) is 3. The number of azo groups is 1. The zero-order valence-electron chi connectivity index (χ0n) is 11.3. The highest BCUT2D eigenvalue weighted by Crippen LogP contribution is 2.46. The third-order valence-electron chi connectivity index (χ3n) is 4.48. The summed E-state index contributed by atoms with van der Waals surface area (Å²) in [6.07, 6.45) is 0.638. The Labute approximate surface area is 127 Å². The van der Waals surface area contributed by atoms with E-state index >= 15 is 0 Å². The van der Waals surface area contributed by atoms with Crippen molar-refractivity contribution in [3.8, 4) is 0 Å². The Bertz CT molecular complexity index is 754. The second-order valence-corrected chi connectivity index (χ2v) is 6.05. The highest BCUT2D eigenvalue weighted by atomic mass is 35.5. The molecule has 2 aromatic rings. The quantitative estimate of drug-likeness (QED) is 0.782. The third-order valence-corrected chi connectivity index (χ3v) is 4.73. The minimum Gasteiger partial charge on any atom is -0.291 e. The van der Waals surface area contributed by atoms with Crippen LogP contribution in [0.1, 0.15) is 27.4 Å². The fourth-order valence-corrected chi connectivity index (χ4v) is 3.53. The molecule has 1 spiro atoms. The second kappa shape index (κ2) is 4.50. The fraction of sp³-hybridized carbons (Fsp3) is 0.235. The summed E-state index contributed by atoms with van der Waals surface area (Å²) in [5.41, 5.74) is 2.18. The van der Waals surface area contributed by atoms with Gasteiger partial charge < -0.3 is 0 Å². The summed E-state index contributed by atoms with van der Waals surface area (Å²) in [7, 11) is 0. The van der Waals surface area contributed by atoms with Crippen molar-refractivity contribution in [1.29, 1.82) is 0 Å². The van der Waals surface area contributed by atoms with Gasteiger partial charge in [0.1, 0.15) is 0 Å². The van der Waals surface area contributed by atoms with Crippen LogP contribution in [-0.4, -0.2) is 17.9 Å². The molecule has 1 heterocycles. The zero-order chi connectivity index (χ0) is 14.4. The first-order valence-electron chi connectivity index (χ1n) is 6.97. The van der Waals surface area contributed by atoms with Crippen LogP contribution in [0.25, 0.3) is 0 Å². The Balaban J connectivity index is 1.79. The normalized spacial score (nSPS) is 26.5. The average Bonchev–Trinajstić information content (AvgIpc) is 3.04. The van der Waals surface area contributed by atoms with Crippen molar-refractivity contribution in [3.63, 3.8) is 0 Å². The molecule has 1 aliphatic carbocycles. The van der Waals surface area contributed by atoms with Crippen molar-refractivity contribution in [2.24, 2.45) is 10.2 Å². The molecule has 104 valence electrons. The summed E-state index contributed by atoms with van der Waals surface area (Å²) in [6, 6.07) is 15.4. The van der Waals surface area contributed by atoms with Gasteiger partial charge in [-0.2, -0.15) is 10.2 Å². The van der Waals surface area contributed by atoms with E-state index in [1.807, 2.05) is 48.5 Å². The molecule has 21 heavy (non-hydrogen) atoms. The molecule has 0 saturated carbocycles. The topological polar surface area (TPSA) is 41.8 Å². The van der Waals surface area contributed by atoms with Crippen LogP contribution in [0.5, 0.6) is 0 Å². The van der Waals surface area contributed by atoms with Gasteiger partial charge >= 0.3 is 0 Å². The van der Waals surface area contributed by atoms with Crippen LogP contribution < -0.4 is 0 Å². The van der Waals surface area contributed by atoms with Crippen molar-refractivity contribution in [3.05, 3.63) is 70.2 Å². The molecular formula is C17H13ClN2O. The van der Waals surface area contributed by atoms with Crippen LogP contribution in [0.3, 0.4) is 0 Å². The van der Waals surface area contributed by atoms with Gasteiger partial charge in [-0.1, -0.05) is 48.0 Å². The van der Waals surface area contributed by atoms with E-state index < -0.39 is 5.54 Å². The highest BCUT2D eigenvalue weighted by Gasteiger charge is 2.54. The standard InChI is InChI=1S/C17H13ClN2O/c18-13-7-5-11(6-8-13)15-10-19-20-17(15)9-12-3-1-2-4-14(12)16(17)21/h1-8,15H,9-10H2/t15-,17+/m1/s1. The van der Waals surface area contributed by atoms with Gasteiger partial charge in [-0.3, -0.25) is 4.79 Å². The van der Waals surface area contributed by atoms with Crippen molar-refractivity contribution in [2.75, 3.05) is 6.54 Å². The smallest absolute Gasteiger partial charge is 0.193 e. The molecule has 1 aliphatic heterocycles. The van der Waals surface area contributed by atoms with E-state index in [1.165, 1.54) is 0 Å². The van der Waals surface area contributed by atoms with Gasteiger partial charge in [0.2, 0.25) is 0 Å². The van der Waals surface area contributed by atoms with E-state index in [4.69, 9.17) is 11.6 Å². The molecule has 0 amide bonds. The Morgan fingerprint density at radius 3 is 2.62 bits per heavy atom. The van der Waals surface area contributed by atoms with E-state index in [1.54, 1.807) is 0 Å². The molecule has 0 radical (unpaired) electrons. The molecule has 0 saturated heterocycles. The summed E-state index contributed by atoms with van der Waals surface area (Å²) < 4.78 is 0. The predicted molar refractivity (Wildman–Crippen MR) is 81.1 cm³/mol. The first-order valence-corrected chi connectivity index (χ1v) is 7.35. The molecule has 0 unspecified atom stereocenters. The van der Waals surface area contributed by atoms with E-state index in [0.717, 1.165) is 16.7 Å². The monoisotopic (exact) mass is 296 g/mol. The highest BCUT2D eigenvalue weighted by molar-refractivity contribution is 6.30. The number of halogens is 1. The van der Waals surface area contributed by atoms with Crippen LogP contribution in [-0.2, 0) is 6.42 Å². The van der Waals surface area contributed by atoms with Gasteiger partial charge in [-0.25, -0.2) is 0 Å². The summed E-state index contributed by atoms with van der Waals surface area (Å²) in [5, 5.41) is 9.28. The van der Waals surface area contributed by atoms with Gasteiger partial charge in [0.05, 0.1) is 6.54 Å². The molecule has 0 N–H and O–H groups in total. The number of ketones is 1. The molecule has 3 nitrogen and oxygen atoms in total. The van der Waals surface area contributed by atoms with E-state index in [-0.39, 0.29) is 11.7 Å². The molecule has 2 aliphatic rings. The van der Waals surface area contributed by atoms with Gasteiger partial charge in [-0.15, -0.1) is 0 Å². The Morgan fingerprint density at radius 1 is 1.10 bits per heavy atom. The summed E-state index contributed by atoms with van der Waals surface area (Å²) in [5.74, 6) is 0.0916. The number of fused-ring (bicyclic) bond motifs is 1. The van der Waals surface area contributed by atoms with Gasteiger partial charge in [-0.05, 0) is 23.3 Å². The number of benzene rings is 2. The summed E-state index contributed by atoms with van der Waals surface area (Å²) in [4.78, 5) is 12.9. The van der Waals surface area contributed by atoms with Crippen molar-refractivity contribution in [2.45, 2.75) is 17.9 Å². The van der Waals surface area contributed by atoms with Crippen molar-refractivity contribution < 1.29 is 4.79 Å². The molecule has 4 heteroatoms. The van der Waals surface area contributed by atoms with E-state index in [0.29, 0.717) is 18.0 Å². The lowest BCUT2D eigenvalue weighted by molar-refractivity contribution is 0.0897. The van der Waals surface area contributed by atoms with Crippen LogP contribution in [0.2, 0.25) is 5.02 Å². The number of nitrogens with zero attached hydrogens (tertiary/aromatic N) is 2. The minimum absolute atomic E-state index is 0.00494. The molecule has 0 aromatic heterocycles. The lowest BCUT2D eigenvalue weighted by atomic mass is 9.78. The summed E-state index contributed by atoms with van der Waals surface area (Å²) >= 11 is 5.96. The number of hydrogen-bond donors (Lipinski definition) is 0. The Morgan fingerprint density at radius 2 is 1.86 bits per heavy atom. The first kappa shape index (κ1) is 12.7. The molecule has 2 atom stereocenters. The molecule has 2 aromatic carbocycles. The van der Waals surface area contributed by atoms with Gasteiger partial charge in [0.15, 0.2) is 11.3 Å². The van der Waals surface area contributed by atoms with E-state index in [2.05, 4.69) is 10.2 Å². The van der Waals surface area contributed by atoms with Crippen LogP contribution in [0.15, 0.2) is 58.8 Å². The lowest BCUT2D eigenvalue weighted by Gasteiger charge is -2.25. The molecular weight excluding hydrogens is 284 g/mol. The predicted octanol–water partition coefficient (Wildman–Crippen LogP) is 4.07. The molecule has 4 rings (SSSR count). The Hall–Kier alpha value is -2.00. The van der Waals surface area contributed by atoms with Gasteiger partial charge in [0, 0.05) is 22.9 Å². The van der Waals surface area contributed by atoms with E-state index in [9.17, 15) is 4.79 Å². The lowest BCUT2D eigenvalue weighted by Crippen LogP contribution is -2.38. The van der Waals surface area contributed by atoms with Crippen LogP contribution >= 0.6 is 11.6 Å². The molecule has 0 bridgehead atoms. The summed E-state index contributed by atoms with van der Waals surface area (Å²) in [6.45, 7) is 0.557. The maximum Gasteiger partial charge on any atom is 0.193 e. The third kappa shape index (κ3) is 1.77. The number of carbonyl (C=O) groups is 1. The second-order valence-electron chi connectivity index (χ2n) is 5.62. The van der Waals surface area contributed by atoms with Crippen LogP contribution in [0, 0.1) is 0 Å². The fourth-order valence-electron chi connectivity index (χ4n) is 3.41. The zero-order valence-corrected chi connectivity index (χ0v) is 12.0. The first-order chi connectivity index (χ1) is 10.2. The SMILES string of the molecule is O=C1c2ccccc2C[C@@]12N=NC[C@@H]2c1ccc(Cl)cc1. The largest absolute Gasteiger partial charge is 0.291 e. The van der Waals surface area contributed by atoms with Gasteiger partial charge in [0.25, 0.3) is 0 Å². The maximum atomic E-state index is 12.9. The number of carbonyl (C=O) groups excluding carboxylic acids is 1. The molecule has 0 fully saturated rings. The maximum absolute atomic E-state index is 12.9. The number of rotatable bonds is 1. The van der Waals surface area contributed by atoms with Crippen molar-refractivity contribution >= 4 is 17.4 Å². The number of Topliss-reactive ketones (excluding diaryl/α,β-unsaturated/α-hetero) is 1. The van der Waals surface area contributed by atoms with Crippen molar-refractivity contribution in [1.82, 2.24) is 0 Å². The Kier molecular flexibility index (Phi) is 2.73. The minimum atomic E-state index is -0.752. The average molecular weight is 297 g/mol. The van der Waals surface area contributed by atoms with Crippen LogP contribution in [0.4, 0.5) is 0 Å².